The van der Waals surface area contributed by atoms with Crippen LogP contribution >= 0.6 is 11.3 Å². The van der Waals surface area contributed by atoms with Crippen LogP contribution in [0.3, 0.4) is 0 Å². The highest BCUT2D eigenvalue weighted by atomic mass is 32.1. The molecule has 56 heavy (non-hydrogen) atoms. The summed E-state index contributed by atoms with van der Waals surface area (Å²) in [4.78, 5) is 15.0. The Balaban J connectivity index is 1.08. The molecule has 0 N–H and O–H groups in total. The fourth-order valence-corrected chi connectivity index (χ4v) is 9.11. The van der Waals surface area contributed by atoms with Crippen molar-refractivity contribution in [2.45, 2.75) is 0 Å². The third-order valence-electron chi connectivity index (χ3n) is 10.7. The molecule has 11 aromatic rings. The molecule has 3 heterocycles. The SMILES string of the molecule is c1ccc(-c2ccc(-n3c4ccccc4c4ccc(-c5cccc6sc7ccc(-c8nc(-c9ccccc9)nc(-c9ccccc9)n8)cc7c56)cc43)cc2)cc1. The van der Waals surface area contributed by atoms with E-state index in [1.54, 1.807) is 0 Å². The van der Waals surface area contributed by atoms with Gasteiger partial charge in [0.15, 0.2) is 17.5 Å². The molecular weight excluding hydrogens is 701 g/mol. The van der Waals surface area contributed by atoms with Crippen molar-refractivity contribution in [2.75, 3.05) is 0 Å². The first-order chi connectivity index (χ1) is 27.7. The summed E-state index contributed by atoms with van der Waals surface area (Å²) in [5.41, 5.74) is 11.2. The Morgan fingerprint density at radius 2 is 0.893 bits per heavy atom. The van der Waals surface area contributed by atoms with Crippen molar-refractivity contribution in [1.82, 2.24) is 19.5 Å². The maximum Gasteiger partial charge on any atom is 0.164 e. The van der Waals surface area contributed by atoms with Gasteiger partial charge in [-0.2, -0.15) is 0 Å². The molecule has 0 aliphatic heterocycles. The summed E-state index contributed by atoms with van der Waals surface area (Å²) in [6.45, 7) is 0. The van der Waals surface area contributed by atoms with E-state index in [1.165, 1.54) is 64.2 Å². The van der Waals surface area contributed by atoms with Gasteiger partial charge >= 0.3 is 0 Å². The first kappa shape index (κ1) is 32.2. The quantitative estimate of drug-likeness (QED) is 0.171. The lowest BCUT2D eigenvalue weighted by Gasteiger charge is -2.11. The standard InChI is InChI=1S/C51H32N4S/c1-4-13-33(14-5-1)34-23-27-39(28-24-34)55-44-21-11-10-19-41(44)42-29-25-37(32-45(42)55)40-20-12-22-47-48(40)43-31-38(26-30-46(43)56-47)51-53-49(35-15-6-2-7-16-35)52-50(54-51)36-17-8-3-9-18-36/h1-32H. The van der Waals surface area contributed by atoms with Gasteiger partial charge in [-0.3, -0.25) is 0 Å². The van der Waals surface area contributed by atoms with Crippen LogP contribution in [0.15, 0.2) is 194 Å². The van der Waals surface area contributed by atoms with Gasteiger partial charge < -0.3 is 4.57 Å². The van der Waals surface area contributed by atoms with Crippen LogP contribution in [0.5, 0.6) is 0 Å². The molecule has 0 bridgehead atoms. The van der Waals surface area contributed by atoms with Crippen molar-refractivity contribution in [3.05, 3.63) is 194 Å². The van der Waals surface area contributed by atoms with Crippen LogP contribution in [0.1, 0.15) is 0 Å². The van der Waals surface area contributed by atoms with E-state index in [4.69, 9.17) is 15.0 Å². The van der Waals surface area contributed by atoms with E-state index in [0.717, 1.165) is 22.4 Å². The Hall–Kier alpha value is -7.21. The number of hydrogen-bond acceptors (Lipinski definition) is 4. The molecule has 0 radical (unpaired) electrons. The summed E-state index contributed by atoms with van der Waals surface area (Å²) in [6.07, 6.45) is 0. The minimum atomic E-state index is 0.653. The zero-order valence-electron chi connectivity index (χ0n) is 30.2. The minimum absolute atomic E-state index is 0.653. The lowest BCUT2D eigenvalue weighted by atomic mass is 9.97. The Morgan fingerprint density at radius 3 is 1.59 bits per heavy atom. The van der Waals surface area contributed by atoms with Gasteiger partial charge in [0.05, 0.1) is 11.0 Å². The molecule has 0 fully saturated rings. The normalized spacial score (nSPS) is 11.6. The van der Waals surface area contributed by atoms with Gasteiger partial charge in [-0.15, -0.1) is 11.3 Å². The van der Waals surface area contributed by atoms with Gasteiger partial charge in [0.1, 0.15) is 0 Å². The average molecular weight is 733 g/mol. The summed E-state index contributed by atoms with van der Waals surface area (Å²) in [5, 5.41) is 4.91. The zero-order chi connectivity index (χ0) is 37.0. The number of para-hydroxylation sites is 1. The molecule has 3 aromatic heterocycles. The molecule has 0 unspecified atom stereocenters. The topological polar surface area (TPSA) is 43.6 Å². The van der Waals surface area contributed by atoms with Crippen LogP contribution < -0.4 is 0 Å². The fraction of sp³-hybridized carbons (Fsp3) is 0. The summed E-state index contributed by atoms with van der Waals surface area (Å²) >= 11 is 1.82. The number of benzene rings is 8. The largest absolute Gasteiger partial charge is 0.309 e. The van der Waals surface area contributed by atoms with Gasteiger partial charge in [-0.1, -0.05) is 146 Å². The molecular formula is C51H32N4S. The Kier molecular flexibility index (Phi) is 7.64. The van der Waals surface area contributed by atoms with E-state index in [2.05, 4.69) is 138 Å². The number of aromatic nitrogens is 4. The maximum absolute atomic E-state index is 5.05. The molecule has 0 saturated heterocycles. The number of hydrogen-bond donors (Lipinski definition) is 0. The Morgan fingerprint density at radius 1 is 0.339 bits per heavy atom. The second-order valence-electron chi connectivity index (χ2n) is 14.0. The summed E-state index contributed by atoms with van der Waals surface area (Å²) < 4.78 is 4.88. The van der Waals surface area contributed by atoms with Crippen molar-refractivity contribution >= 4 is 53.3 Å². The molecule has 4 nitrogen and oxygen atoms in total. The highest BCUT2D eigenvalue weighted by Gasteiger charge is 2.18. The molecule has 8 aromatic carbocycles. The fourth-order valence-electron chi connectivity index (χ4n) is 7.99. The van der Waals surface area contributed by atoms with Gasteiger partial charge in [-0.25, -0.2) is 15.0 Å². The van der Waals surface area contributed by atoms with E-state index >= 15 is 0 Å². The maximum atomic E-state index is 5.05. The molecule has 0 atom stereocenters. The lowest BCUT2D eigenvalue weighted by molar-refractivity contribution is 1.07. The van der Waals surface area contributed by atoms with Crippen molar-refractivity contribution in [3.8, 4) is 62.1 Å². The third-order valence-corrected chi connectivity index (χ3v) is 11.8. The Labute approximate surface area is 327 Å². The number of fused-ring (bicyclic) bond motifs is 6. The minimum Gasteiger partial charge on any atom is -0.309 e. The second kappa shape index (κ2) is 13.3. The van der Waals surface area contributed by atoms with Crippen LogP contribution in [0.2, 0.25) is 0 Å². The van der Waals surface area contributed by atoms with Crippen molar-refractivity contribution < 1.29 is 0 Å². The van der Waals surface area contributed by atoms with E-state index in [-0.39, 0.29) is 0 Å². The van der Waals surface area contributed by atoms with Crippen molar-refractivity contribution in [3.63, 3.8) is 0 Å². The third kappa shape index (κ3) is 5.48. The van der Waals surface area contributed by atoms with E-state index in [0.29, 0.717) is 17.5 Å². The first-order valence-electron chi connectivity index (χ1n) is 18.8. The highest BCUT2D eigenvalue weighted by molar-refractivity contribution is 7.26. The predicted octanol–water partition coefficient (Wildman–Crippen LogP) is 13.7. The van der Waals surface area contributed by atoms with Crippen LogP contribution in [-0.4, -0.2) is 19.5 Å². The molecule has 0 aliphatic carbocycles. The van der Waals surface area contributed by atoms with E-state index in [9.17, 15) is 0 Å². The summed E-state index contributed by atoms with van der Waals surface area (Å²) in [7, 11) is 0. The highest BCUT2D eigenvalue weighted by Crippen LogP contribution is 2.43. The van der Waals surface area contributed by atoms with Crippen LogP contribution in [0.25, 0.3) is 104 Å². The van der Waals surface area contributed by atoms with Crippen LogP contribution in [0.4, 0.5) is 0 Å². The molecule has 0 aliphatic rings. The van der Waals surface area contributed by atoms with Gasteiger partial charge in [0.2, 0.25) is 0 Å². The van der Waals surface area contributed by atoms with Crippen LogP contribution in [-0.2, 0) is 0 Å². The predicted molar refractivity (Wildman–Crippen MR) is 234 cm³/mol. The number of thiophene rings is 1. The van der Waals surface area contributed by atoms with Crippen molar-refractivity contribution in [1.29, 1.82) is 0 Å². The summed E-state index contributed by atoms with van der Waals surface area (Å²) in [6, 6.07) is 68.7. The number of nitrogens with zero attached hydrogens (tertiary/aromatic N) is 4. The van der Waals surface area contributed by atoms with Gasteiger partial charge in [0, 0.05) is 53.3 Å². The average Bonchev–Trinajstić information content (AvgIpc) is 3.82. The van der Waals surface area contributed by atoms with Crippen LogP contribution in [0, 0.1) is 0 Å². The molecule has 0 spiro atoms. The summed E-state index contributed by atoms with van der Waals surface area (Å²) in [5.74, 6) is 1.97. The molecule has 0 amide bonds. The van der Waals surface area contributed by atoms with E-state index in [1.807, 2.05) is 72.0 Å². The Bertz CT molecular complexity index is 3160. The van der Waals surface area contributed by atoms with Gasteiger partial charge in [-0.05, 0) is 70.8 Å². The smallest absolute Gasteiger partial charge is 0.164 e. The number of rotatable bonds is 6. The lowest BCUT2D eigenvalue weighted by Crippen LogP contribution is -2.00. The van der Waals surface area contributed by atoms with Crippen molar-refractivity contribution in [2.24, 2.45) is 0 Å². The second-order valence-corrected chi connectivity index (χ2v) is 15.1. The molecule has 11 rings (SSSR count). The van der Waals surface area contributed by atoms with E-state index < -0.39 is 0 Å². The first-order valence-corrected chi connectivity index (χ1v) is 19.6. The zero-order valence-corrected chi connectivity index (χ0v) is 31.0. The monoisotopic (exact) mass is 732 g/mol. The molecule has 0 saturated carbocycles. The molecule has 262 valence electrons. The van der Waals surface area contributed by atoms with Gasteiger partial charge in [0.25, 0.3) is 0 Å². The molecule has 5 heteroatoms.